The van der Waals surface area contributed by atoms with Gasteiger partial charge in [-0.25, -0.2) is 5.10 Å². The van der Waals surface area contributed by atoms with Crippen molar-refractivity contribution in [1.82, 2.24) is 14.9 Å². The third-order valence-corrected chi connectivity index (χ3v) is 4.37. The average Bonchev–Trinajstić information content (AvgIpc) is 3.06. The minimum absolute atomic E-state index is 0.341. The van der Waals surface area contributed by atoms with Gasteiger partial charge in [0.05, 0.1) is 32.6 Å². The Labute approximate surface area is 166 Å². The van der Waals surface area contributed by atoms with Gasteiger partial charge in [0, 0.05) is 11.1 Å². The fraction of sp³-hybridized carbons (Fsp3) is 0.167. The molecule has 1 heterocycles. The summed E-state index contributed by atoms with van der Waals surface area (Å²) in [6, 6.07) is 10.9. The lowest BCUT2D eigenvalue weighted by atomic mass is 10.2. The van der Waals surface area contributed by atoms with Crippen molar-refractivity contribution in [3.63, 3.8) is 0 Å². The summed E-state index contributed by atoms with van der Waals surface area (Å²) in [6.45, 7) is 0. The Kier molecular flexibility index (Phi) is 5.78. The van der Waals surface area contributed by atoms with Crippen molar-refractivity contribution in [3.05, 3.63) is 51.8 Å². The molecule has 1 aromatic heterocycles. The van der Waals surface area contributed by atoms with Crippen LogP contribution in [0.25, 0.3) is 11.4 Å². The first kappa shape index (κ1) is 18.9. The maximum Gasteiger partial charge on any atom is 0.216 e. The minimum atomic E-state index is 0.341. The topological polar surface area (TPSA) is 73.7 Å². The zero-order valence-corrected chi connectivity index (χ0v) is 16.5. The zero-order valence-electron chi connectivity index (χ0n) is 14.9. The van der Waals surface area contributed by atoms with E-state index < -0.39 is 0 Å². The Hall–Kier alpha value is -2.84. The molecule has 0 saturated heterocycles. The monoisotopic (exact) mass is 404 g/mol. The first-order valence-electron chi connectivity index (χ1n) is 7.85. The molecule has 0 amide bonds. The lowest BCUT2D eigenvalue weighted by Gasteiger charge is -2.12. The molecular weight excluding hydrogens is 388 g/mol. The van der Waals surface area contributed by atoms with Gasteiger partial charge in [-0.3, -0.25) is 0 Å². The largest absolute Gasteiger partial charge is 0.493 e. The molecule has 7 nitrogen and oxygen atoms in total. The predicted molar refractivity (Wildman–Crippen MR) is 107 cm³/mol. The summed E-state index contributed by atoms with van der Waals surface area (Å²) in [7, 11) is 4.66. The summed E-state index contributed by atoms with van der Waals surface area (Å²) >= 11 is 11.6. The van der Waals surface area contributed by atoms with Crippen molar-refractivity contribution >= 4 is 30.0 Å². The lowest BCUT2D eigenvalue weighted by molar-refractivity contribution is 0.324. The number of nitrogens with one attached hydrogen (secondary N) is 1. The quantitative estimate of drug-likeness (QED) is 0.493. The van der Waals surface area contributed by atoms with Crippen molar-refractivity contribution in [1.29, 1.82) is 0 Å². The highest BCUT2D eigenvalue weighted by atomic mass is 35.5. The third kappa shape index (κ3) is 3.81. The second-order valence-electron chi connectivity index (χ2n) is 5.35. The number of H-pyrrole nitrogens is 1. The van der Waals surface area contributed by atoms with Crippen LogP contribution in [0, 0.1) is 4.77 Å². The van der Waals surface area contributed by atoms with Crippen LogP contribution in [0.4, 0.5) is 0 Å². The average molecular weight is 405 g/mol. The van der Waals surface area contributed by atoms with Gasteiger partial charge in [-0.1, -0.05) is 23.7 Å². The van der Waals surface area contributed by atoms with E-state index in [4.69, 9.17) is 38.0 Å². The molecular formula is C18H17ClN4O3S. The highest BCUT2D eigenvalue weighted by molar-refractivity contribution is 7.71. The van der Waals surface area contributed by atoms with Crippen molar-refractivity contribution < 1.29 is 14.2 Å². The number of ether oxygens (including phenoxy) is 3. The van der Waals surface area contributed by atoms with Crippen LogP contribution in [-0.2, 0) is 0 Å². The van der Waals surface area contributed by atoms with E-state index in [0.717, 1.165) is 5.56 Å². The molecule has 0 fully saturated rings. The van der Waals surface area contributed by atoms with Gasteiger partial charge in [-0.05, 0) is 36.5 Å². The molecule has 3 aromatic rings. The maximum atomic E-state index is 6.27. The van der Waals surface area contributed by atoms with Gasteiger partial charge in [0.2, 0.25) is 10.5 Å². The number of hydrogen-bond donors (Lipinski definition) is 1. The molecule has 0 unspecified atom stereocenters. The first-order chi connectivity index (χ1) is 13.1. The molecule has 0 aliphatic rings. The Morgan fingerprint density at radius 1 is 1.11 bits per heavy atom. The third-order valence-electron chi connectivity index (χ3n) is 3.77. The standard InChI is InChI=1S/C18H17ClN4O3S/c1-24-14-8-11(9-15(25-2)16(14)26-3)10-20-23-17(21-22-18(23)27)12-6-4-5-7-13(12)19/h4-10H,1-3H3,(H,22,27)/b20-10-. The first-order valence-corrected chi connectivity index (χ1v) is 8.64. The Morgan fingerprint density at radius 2 is 1.78 bits per heavy atom. The maximum absolute atomic E-state index is 6.27. The number of aromatic nitrogens is 3. The van der Waals surface area contributed by atoms with Crippen LogP contribution in [0.5, 0.6) is 17.2 Å². The van der Waals surface area contributed by atoms with Gasteiger partial charge in [0.15, 0.2) is 17.3 Å². The number of benzene rings is 2. The summed E-state index contributed by atoms with van der Waals surface area (Å²) in [5.41, 5.74) is 1.45. The second kappa shape index (κ2) is 8.24. The number of methoxy groups -OCH3 is 3. The van der Waals surface area contributed by atoms with E-state index in [-0.39, 0.29) is 0 Å². The Balaban J connectivity index is 2.04. The minimum Gasteiger partial charge on any atom is -0.493 e. The van der Waals surface area contributed by atoms with Gasteiger partial charge in [-0.15, -0.1) is 0 Å². The summed E-state index contributed by atoms with van der Waals surface area (Å²) in [5, 5.41) is 12.0. The van der Waals surface area contributed by atoms with E-state index in [2.05, 4.69) is 15.3 Å². The summed E-state index contributed by atoms with van der Waals surface area (Å²) in [5.74, 6) is 2.07. The van der Waals surface area contributed by atoms with E-state index in [1.807, 2.05) is 18.2 Å². The molecule has 2 aromatic carbocycles. The lowest BCUT2D eigenvalue weighted by Crippen LogP contribution is -1.98. The Morgan fingerprint density at radius 3 is 2.37 bits per heavy atom. The van der Waals surface area contributed by atoms with Crippen LogP contribution >= 0.6 is 23.8 Å². The summed E-state index contributed by atoms with van der Waals surface area (Å²) in [4.78, 5) is 0. The van der Waals surface area contributed by atoms with Crippen molar-refractivity contribution in [3.8, 4) is 28.6 Å². The van der Waals surface area contributed by atoms with E-state index >= 15 is 0 Å². The van der Waals surface area contributed by atoms with Gasteiger partial charge in [0.25, 0.3) is 0 Å². The zero-order chi connectivity index (χ0) is 19.4. The highest BCUT2D eigenvalue weighted by Gasteiger charge is 2.14. The molecule has 9 heteroatoms. The summed E-state index contributed by atoms with van der Waals surface area (Å²) < 4.78 is 17.9. The molecule has 0 bridgehead atoms. The number of nitrogens with zero attached hydrogens (tertiary/aromatic N) is 3. The van der Waals surface area contributed by atoms with Crippen LogP contribution < -0.4 is 14.2 Å². The van der Waals surface area contributed by atoms with Gasteiger partial charge in [0.1, 0.15) is 0 Å². The summed E-state index contributed by atoms with van der Waals surface area (Å²) in [6.07, 6.45) is 1.62. The molecule has 3 rings (SSSR count). The molecule has 0 saturated carbocycles. The fourth-order valence-corrected chi connectivity index (χ4v) is 2.92. The van der Waals surface area contributed by atoms with Crippen molar-refractivity contribution in [2.75, 3.05) is 21.3 Å². The van der Waals surface area contributed by atoms with E-state index in [9.17, 15) is 0 Å². The van der Waals surface area contributed by atoms with Gasteiger partial charge < -0.3 is 14.2 Å². The predicted octanol–water partition coefficient (Wildman–Crippen LogP) is 4.17. The fourth-order valence-electron chi connectivity index (χ4n) is 2.52. The van der Waals surface area contributed by atoms with E-state index in [1.54, 1.807) is 45.7 Å². The van der Waals surface area contributed by atoms with Crippen molar-refractivity contribution in [2.45, 2.75) is 0 Å². The van der Waals surface area contributed by atoms with Crippen LogP contribution in [0.1, 0.15) is 5.56 Å². The molecule has 0 atom stereocenters. The highest BCUT2D eigenvalue weighted by Crippen LogP contribution is 2.37. The molecule has 0 spiro atoms. The number of aromatic amines is 1. The van der Waals surface area contributed by atoms with Crippen LogP contribution in [0.2, 0.25) is 5.02 Å². The van der Waals surface area contributed by atoms with Gasteiger partial charge in [-0.2, -0.15) is 14.9 Å². The number of halogens is 1. The molecule has 0 aliphatic carbocycles. The van der Waals surface area contributed by atoms with E-state index in [1.165, 1.54) is 4.68 Å². The number of rotatable bonds is 6. The normalized spacial score (nSPS) is 11.0. The van der Waals surface area contributed by atoms with Crippen LogP contribution in [0.3, 0.4) is 0 Å². The van der Waals surface area contributed by atoms with Gasteiger partial charge >= 0.3 is 0 Å². The molecule has 27 heavy (non-hydrogen) atoms. The Bertz CT molecular complexity index is 1020. The number of hydrogen-bond acceptors (Lipinski definition) is 6. The van der Waals surface area contributed by atoms with Crippen molar-refractivity contribution in [2.24, 2.45) is 5.10 Å². The van der Waals surface area contributed by atoms with E-state index in [0.29, 0.717) is 38.4 Å². The second-order valence-corrected chi connectivity index (χ2v) is 6.14. The van der Waals surface area contributed by atoms with Crippen LogP contribution in [-0.4, -0.2) is 42.4 Å². The molecule has 0 radical (unpaired) electrons. The van der Waals surface area contributed by atoms with Crippen LogP contribution in [0.15, 0.2) is 41.5 Å². The molecule has 0 aliphatic heterocycles. The molecule has 1 N–H and O–H groups in total. The molecule has 140 valence electrons. The smallest absolute Gasteiger partial charge is 0.216 e. The SMILES string of the molecule is COc1cc(/C=N\n2c(-c3ccccc3Cl)n[nH]c2=S)cc(OC)c1OC.